The third-order valence-corrected chi connectivity index (χ3v) is 5.67. The molecular formula is C24H21ClN2O3. The number of nitrogens with one attached hydrogen (secondary N) is 1. The minimum Gasteiger partial charge on any atom is -0.495 e. The lowest BCUT2D eigenvalue weighted by atomic mass is 10.0. The summed E-state index contributed by atoms with van der Waals surface area (Å²) in [6, 6.07) is 19.4. The van der Waals surface area contributed by atoms with E-state index in [1.807, 2.05) is 55.5 Å². The number of rotatable bonds is 5. The van der Waals surface area contributed by atoms with Gasteiger partial charge in [-0.25, -0.2) is 0 Å². The van der Waals surface area contributed by atoms with Crippen LogP contribution in [-0.4, -0.2) is 23.8 Å². The fourth-order valence-corrected chi connectivity index (χ4v) is 3.88. The summed E-state index contributed by atoms with van der Waals surface area (Å²) in [5, 5.41) is 3.49. The Kier molecular flexibility index (Phi) is 5.46. The van der Waals surface area contributed by atoms with Crippen molar-refractivity contribution >= 4 is 29.1 Å². The first-order valence-electron chi connectivity index (χ1n) is 9.58. The highest BCUT2D eigenvalue weighted by Crippen LogP contribution is 2.35. The molecule has 4 rings (SSSR count). The predicted molar refractivity (Wildman–Crippen MR) is 117 cm³/mol. The second-order valence-electron chi connectivity index (χ2n) is 7.19. The molecule has 0 radical (unpaired) electrons. The summed E-state index contributed by atoms with van der Waals surface area (Å²) >= 11 is 6.19. The summed E-state index contributed by atoms with van der Waals surface area (Å²) < 4.78 is 5.39. The molecule has 1 aliphatic rings. The van der Waals surface area contributed by atoms with Crippen LogP contribution in [0.4, 0.5) is 5.69 Å². The molecule has 0 unspecified atom stereocenters. The summed E-state index contributed by atoms with van der Waals surface area (Å²) in [6.07, 6.45) is 0. The van der Waals surface area contributed by atoms with Gasteiger partial charge in [-0.3, -0.25) is 9.59 Å². The van der Waals surface area contributed by atoms with Crippen molar-refractivity contribution in [2.45, 2.75) is 19.5 Å². The number of ether oxygens (including phenoxy) is 1. The number of nitrogens with zero attached hydrogens (tertiary/aromatic N) is 1. The number of hydrogen-bond acceptors (Lipinski definition) is 3. The van der Waals surface area contributed by atoms with Gasteiger partial charge in [-0.2, -0.15) is 0 Å². The second kappa shape index (κ2) is 8.20. The zero-order chi connectivity index (χ0) is 21.3. The van der Waals surface area contributed by atoms with Gasteiger partial charge in [-0.1, -0.05) is 60.1 Å². The molecule has 1 N–H and O–H groups in total. The van der Waals surface area contributed by atoms with E-state index in [2.05, 4.69) is 5.32 Å². The van der Waals surface area contributed by atoms with Gasteiger partial charge < -0.3 is 15.0 Å². The third kappa shape index (κ3) is 3.64. The van der Waals surface area contributed by atoms with E-state index < -0.39 is 6.04 Å². The number of aryl methyl sites for hydroxylation is 1. The minimum atomic E-state index is -0.785. The van der Waals surface area contributed by atoms with Crippen molar-refractivity contribution < 1.29 is 14.3 Å². The molecule has 3 aromatic rings. The van der Waals surface area contributed by atoms with Gasteiger partial charge in [0, 0.05) is 23.2 Å². The standard InChI is InChI=1S/C24H21ClN2O3/c1-15-12-20(21(30-2)13-19(15)25)26-23(28)22(16-8-4-3-5-9-16)27-14-17-10-6-7-11-18(17)24(27)29/h3-13,22H,14H2,1-2H3,(H,26,28)/t22-/m1/s1. The van der Waals surface area contributed by atoms with Crippen LogP contribution in [0.15, 0.2) is 66.7 Å². The van der Waals surface area contributed by atoms with Gasteiger partial charge in [0.1, 0.15) is 11.8 Å². The molecule has 0 bridgehead atoms. The lowest BCUT2D eigenvalue weighted by Gasteiger charge is -2.27. The highest BCUT2D eigenvalue weighted by molar-refractivity contribution is 6.31. The summed E-state index contributed by atoms with van der Waals surface area (Å²) in [4.78, 5) is 28.2. The molecule has 1 heterocycles. The van der Waals surface area contributed by atoms with E-state index in [1.165, 1.54) is 7.11 Å². The van der Waals surface area contributed by atoms with Crippen molar-refractivity contribution in [1.82, 2.24) is 4.90 Å². The first kappa shape index (κ1) is 20.0. The van der Waals surface area contributed by atoms with E-state index in [4.69, 9.17) is 16.3 Å². The van der Waals surface area contributed by atoms with Gasteiger partial charge in [-0.15, -0.1) is 0 Å². The number of methoxy groups -OCH3 is 1. The van der Waals surface area contributed by atoms with Crippen LogP contribution in [0.1, 0.15) is 33.1 Å². The average molecular weight is 421 g/mol. The number of hydrogen-bond donors (Lipinski definition) is 1. The number of carbonyl (C=O) groups excluding carboxylic acids is 2. The van der Waals surface area contributed by atoms with Crippen LogP contribution < -0.4 is 10.1 Å². The van der Waals surface area contributed by atoms with Crippen molar-refractivity contribution in [3.8, 4) is 5.75 Å². The number of amides is 2. The highest BCUT2D eigenvalue weighted by Gasteiger charge is 2.37. The van der Waals surface area contributed by atoms with E-state index in [9.17, 15) is 9.59 Å². The van der Waals surface area contributed by atoms with Crippen LogP contribution in [-0.2, 0) is 11.3 Å². The Hall–Kier alpha value is -3.31. The number of anilines is 1. The van der Waals surface area contributed by atoms with Crippen LogP contribution in [0.3, 0.4) is 0 Å². The Morgan fingerprint density at radius 1 is 1.10 bits per heavy atom. The zero-order valence-corrected chi connectivity index (χ0v) is 17.4. The topological polar surface area (TPSA) is 58.6 Å². The molecule has 3 aromatic carbocycles. The van der Waals surface area contributed by atoms with Crippen molar-refractivity contribution in [2.24, 2.45) is 0 Å². The van der Waals surface area contributed by atoms with Crippen molar-refractivity contribution in [3.05, 3.63) is 94.0 Å². The van der Waals surface area contributed by atoms with Crippen LogP contribution >= 0.6 is 11.6 Å². The molecule has 5 nitrogen and oxygen atoms in total. The van der Waals surface area contributed by atoms with E-state index >= 15 is 0 Å². The Labute approximate surface area is 180 Å². The van der Waals surface area contributed by atoms with E-state index in [0.29, 0.717) is 28.6 Å². The highest BCUT2D eigenvalue weighted by atomic mass is 35.5. The molecule has 0 saturated carbocycles. The monoisotopic (exact) mass is 420 g/mol. The maximum Gasteiger partial charge on any atom is 0.255 e. The normalized spacial score (nSPS) is 13.7. The number of benzene rings is 3. The number of fused-ring (bicyclic) bond motifs is 1. The summed E-state index contributed by atoms with van der Waals surface area (Å²) in [6.45, 7) is 2.23. The molecule has 1 atom stereocenters. The molecule has 152 valence electrons. The first-order valence-corrected chi connectivity index (χ1v) is 9.96. The molecule has 0 fully saturated rings. The van der Waals surface area contributed by atoms with Crippen LogP contribution in [0.2, 0.25) is 5.02 Å². The molecule has 0 aliphatic carbocycles. The Morgan fingerprint density at radius 2 is 1.80 bits per heavy atom. The van der Waals surface area contributed by atoms with Crippen LogP contribution in [0.5, 0.6) is 5.75 Å². The summed E-state index contributed by atoms with van der Waals surface area (Å²) in [5.74, 6) is -0.0157. The lowest BCUT2D eigenvalue weighted by Crippen LogP contribution is -2.37. The van der Waals surface area contributed by atoms with Crippen LogP contribution in [0, 0.1) is 6.92 Å². The largest absolute Gasteiger partial charge is 0.495 e. The molecule has 0 spiro atoms. The average Bonchev–Trinajstić information content (AvgIpc) is 3.08. The van der Waals surface area contributed by atoms with E-state index in [0.717, 1.165) is 16.7 Å². The fourth-order valence-electron chi connectivity index (χ4n) is 3.72. The number of carbonyl (C=O) groups is 2. The third-order valence-electron chi connectivity index (χ3n) is 5.26. The smallest absolute Gasteiger partial charge is 0.255 e. The molecule has 2 amide bonds. The van der Waals surface area contributed by atoms with Gasteiger partial charge >= 0.3 is 0 Å². The van der Waals surface area contributed by atoms with Crippen LogP contribution in [0.25, 0.3) is 0 Å². The van der Waals surface area contributed by atoms with Gasteiger partial charge in [0.25, 0.3) is 11.8 Å². The maximum atomic E-state index is 13.5. The predicted octanol–water partition coefficient (Wildman–Crippen LogP) is 4.99. The van der Waals surface area contributed by atoms with Crippen molar-refractivity contribution in [3.63, 3.8) is 0 Å². The minimum absolute atomic E-state index is 0.158. The van der Waals surface area contributed by atoms with Crippen molar-refractivity contribution in [2.75, 3.05) is 12.4 Å². The van der Waals surface area contributed by atoms with Crippen molar-refractivity contribution in [1.29, 1.82) is 0 Å². The molecule has 0 aromatic heterocycles. The Balaban J connectivity index is 1.71. The molecule has 0 saturated heterocycles. The maximum absolute atomic E-state index is 13.5. The quantitative estimate of drug-likeness (QED) is 0.632. The van der Waals surface area contributed by atoms with E-state index in [1.54, 1.807) is 23.1 Å². The molecular weight excluding hydrogens is 400 g/mol. The summed E-state index contributed by atoms with van der Waals surface area (Å²) in [7, 11) is 1.52. The number of halogens is 1. The fraction of sp³-hybridized carbons (Fsp3) is 0.167. The first-order chi connectivity index (χ1) is 14.5. The van der Waals surface area contributed by atoms with E-state index in [-0.39, 0.29) is 11.8 Å². The lowest BCUT2D eigenvalue weighted by molar-refractivity contribution is -0.120. The summed E-state index contributed by atoms with van der Waals surface area (Å²) in [5.41, 5.74) is 3.60. The van der Waals surface area contributed by atoms with Gasteiger partial charge in [0.2, 0.25) is 0 Å². The Bertz CT molecular complexity index is 1110. The second-order valence-corrected chi connectivity index (χ2v) is 7.60. The van der Waals surface area contributed by atoms with Gasteiger partial charge in [0.05, 0.1) is 12.8 Å². The molecule has 1 aliphatic heterocycles. The van der Waals surface area contributed by atoms with Gasteiger partial charge in [0.15, 0.2) is 0 Å². The zero-order valence-electron chi connectivity index (χ0n) is 16.7. The van der Waals surface area contributed by atoms with Gasteiger partial charge in [-0.05, 0) is 35.7 Å². The Morgan fingerprint density at radius 3 is 2.50 bits per heavy atom. The molecule has 6 heteroatoms. The SMILES string of the molecule is COc1cc(Cl)c(C)cc1NC(=O)[C@@H](c1ccccc1)N1Cc2ccccc2C1=O. The molecule has 30 heavy (non-hydrogen) atoms.